The Morgan fingerprint density at radius 2 is 1.55 bits per heavy atom. The Balaban J connectivity index is 1.16. The molecule has 1 aliphatic carbocycles. The van der Waals surface area contributed by atoms with Gasteiger partial charge in [0.25, 0.3) is 0 Å². The van der Waals surface area contributed by atoms with Crippen LogP contribution in [-0.4, -0.2) is 42.1 Å². The third-order valence-corrected chi connectivity index (χ3v) is 7.42. The van der Waals surface area contributed by atoms with Crippen molar-refractivity contribution in [2.45, 2.75) is 18.4 Å². The molecule has 3 aromatic carbocycles. The molecule has 10 heteroatoms. The van der Waals surface area contributed by atoms with E-state index in [1.54, 1.807) is 49.7 Å². The Kier molecular flexibility index (Phi) is 6.36. The Labute approximate surface area is 229 Å². The summed E-state index contributed by atoms with van der Waals surface area (Å²) in [6, 6.07) is 17.6. The van der Waals surface area contributed by atoms with Crippen LogP contribution < -0.4 is 25.4 Å². The number of benzene rings is 3. The van der Waals surface area contributed by atoms with E-state index in [0.717, 1.165) is 5.39 Å². The molecule has 0 unspecified atom stereocenters. The molecule has 1 saturated carbocycles. The van der Waals surface area contributed by atoms with Crippen molar-refractivity contribution in [3.63, 3.8) is 0 Å². The van der Waals surface area contributed by atoms with Gasteiger partial charge in [-0.3, -0.25) is 14.6 Å². The minimum atomic E-state index is -1.15. The molecule has 1 aliphatic heterocycles. The van der Waals surface area contributed by atoms with Crippen LogP contribution in [0.1, 0.15) is 18.4 Å². The molecule has 6 rings (SSSR count). The van der Waals surface area contributed by atoms with Crippen LogP contribution in [0.4, 0.5) is 15.8 Å². The SMILES string of the molecule is COc1cc2nccc(Oc3ccc(NC(=O)C4(C(=O)Nc5ccc(F)cc5)CC4)cc3)c2cc1C1(O)CNC1. The van der Waals surface area contributed by atoms with E-state index in [-0.39, 0.29) is 0 Å². The maximum absolute atomic E-state index is 13.2. The molecule has 40 heavy (non-hydrogen) atoms. The number of hydrogen-bond donors (Lipinski definition) is 4. The van der Waals surface area contributed by atoms with Crippen LogP contribution in [0, 0.1) is 11.2 Å². The van der Waals surface area contributed by atoms with Crippen LogP contribution in [0.5, 0.6) is 17.2 Å². The van der Waals surface area contributed by atoms with Crippen LogP contribution in [-0.2, 0) is 15.2 Å². The number of pyridine rings is 1. The van der Waals surface area contributed by atoms with E-state index in [1.165, 1.54) is 24.3 Å². The number of nitrogens with one attached hydrogen (secondary N) is 3. The number of carbonyl (C=O) groups excluding carboxylic acids is 2. The number of ether oxygens (including phenoxy) is 2. The van der Waals surface area contributed by atoms with E-state index in [2.05, 4.69) is 20.9 Å². The standard InChI is InChI=1S/C30H27FN4O5/c1-39-26-15-24-22(14-23(26)30(38)16-32-17-30)25(10-13-33-24)40-21-8-6-20(7-9-21)35-28(37)29(11-12-29)27(36)34-19-4-2-18(31)3-5-19/h2-10,13-15,32,38H,11-12,16-17H2,1H3,(H,34,36)(H,35,37). The average molecular weight is 543 g/mol. The zero-order valence-electron chi connectivity index (χ0n) is 21.7. The maximum atomic E-state index is 13.2. The molecular formula is C30H27FN4O5. The van der Waals surface area contributed by atoms with Crippen molar-refractivity contribution >= 4 is 34.1 Å². The van der Waals surface area contributed by atoms with Crippen LogP contribution in [0.25, 0.3) is 10.9 Å². The van der Waals surface area contributed by atoms with Crippen molar-refractivity contribution in [2.75, 3.05) is 30.8 Å². The molecule has 1 saturated heterocycles. The summed E-state index contributed by atoms with van der Waals surface area (Å²) in [7, 11) is 1.56. The number of rotatable bonds is 8. The lowest BCUT2D eigenvalue weighted by Crippen LogP contribution is -2.56. The highest BCUT2D eigenvalue weighted by Crippen LogP contribution is 2.47. The molecular weight excluding hydrogens is 515 g/mol. The Bertz CT molecular complexity index is 1600. The topological polar surface area (TPSA) is 122 Å². The normalized spacial score (nSPS) is 16.5. The maximum Gasteiger partial charge on any atom is 0.240 e. The molecule has 1 aromatic heterocycles. The van der Waals surface area contributed by atoms with Gasteiger partial charge in [-0.2, -0.15) is 0 Å². The summed E-state index contributed by atoms with van der Waals surface area (Å²) in [6.45, 7) is 0.849. The monoisotopic (exact) mass is 542 g/mol. The summed E-state index contributed by atoms with van der Waals surface area (Å²) in [4.78, 5) is 30.2. The third-order valence-electron chi connectivity index (χ3n) is 7.42. The van der Waals surface area contributed by atoms with Gasteiger partial charge in [0.1, 0.15) is 34.1 Å². The first kappa shape index (κ1) is 25.7. The quantitative estimate of drug-likeness (QED) is 0.245. The average Bonchev–Trinajstić information content (AvgIpc) is 3.76. The lowest BCUT2D eigenvalue weighted by molar-refractivity contribution is -0.131. The highest BCUT2D eigenvalue weighted by Gasteiger charge is 2.56. The lowest BCUT2D eigenvalue weighted by atomic mass is 9.86. The van der Waals surface area contributed by atoms with Gasteiger partial charge >= 0.3 is 0 Å². The summed E-state index contributed by atoms with van der Waals surface area (Å²) in [5.74, 6) is 0.417. The first-order chi connectivity index (χ1) is 19.3. The fraction of sp³-hybridized carbons (Fsp3) is 0.233. The van der Waals surface area contributed by atoms with Gasteiger partial charge < -0.3 is 30.5 Å². The molecule has 0 bridgehead atoms. The first-order valence-electron chi connectivity index (χ1n) is 12.9. The number of aromatic nitrogens is 1. The molecule has 0 radical (unpaired) electrons. The van der Waals surface area contributed by atoms with Gasteiger partial charge in [0.2, 0.25) is 11.8 Å². The van der Waals surface area contributed by atoms with Gasteiger partial charge in [-0.05, 0) is 73.5 Å². The van der Waals surface area contributed by atoms with Gasteiger partial charge in [-0.15, -0.1) is 0 Å². The minimum absolute atomic E-state index is 0.397. The van der Waals surface area contributed by atoms with Crippen molar-refractivity contribution in [3.05, 3.63) is 84.3 Å². The van der Waals surface area contributed by atoms with Gasteiger partial charge in [0, 0.05) is 47.7 Å². The fourth-order valence-electron chi connectivity index (χ4n) is 4.77. The lowest BCUT2D eigenvalue weighted by Gasteiger charge is -2.38. The number of methoxy groups -OCH3 is 1. The number of nitrogens with zero attached hydrogens (tertiary/aromatic N) is 1. The second-order valence-corrected chi connectivity index (χ2v) is 10.1. The van der Waals surface area contributed by atoms with Crippen molar-refractivity contribution in [2.24, 2.45) is 5.41 Å². The summed E-state index contributed by atoms with van der Waals surface area (Å²) in [5, 5.41) is 20.3. The molecule has 2 heterocycles. The molecule has 4 N–H and O–H groups in total. The van der Waals surface area contributed by atoms with Crippen molar-refractivity contribution in [1.82, 2.24) is 10.3 Å². The van der Waals surface area contributed by atoms with Crippen molar-refractivity contribution in [3.8, 4) is 17.2 Å². The summed E-state index contributed by atoms with van der Waals surface area (Å²) in [6.07, 6.45) is 2.50. The van der Waals surface area contributed by atoms with Gasteiger partial charge in [0.15, 0.2) is 0 Å². The minimum Gasteiger partial charge on any atom is -0.496 e. The van der Waals surface area contributed by atoms with Crippen LogP contribution in [0.2, 0.25) is 0 Å². The Hall–Kier alpha value is -4.54. The van der Waals surface area contributed by atoms with E-state index in [4.69, 9.17) is 9.47 Å². The second-order valence-electron chi connectivity index (χ2n) is 10.1. The fourth-order valence-corrected chi connectivity index (χ4v) is 4.77. The summed E-state index contributed by atoms with van der Waals surface area (Å²) >= 11 is 0. The number of aliphatic hydroxyl groups is 1. The predicted molar refractivity (Wildman–Crippen MR) is 147 cm³/mol. The molecule has 9 nitrogen and oxygen atoms in total. The first-order valence-corrected chi connectivity index (χ1v) is 12.9. The van der Waals surface area contributed by atoms with E-state index in [0.29, 0.717) is 65.6 Å². The van der Waals surface area contributed by atoms with Crippen LogP contribution in [0.15, 0.2) is 72.9 Å². The summed E-state index contributed by atoms with van der Waals surface area (Å²) in [5.41, 5.74) is 0.0879. The van der Waals surface area contributed by atoms with Crippen molar-refractivity contribution in [1.29, 1.82) is 0 Å². The highest BCUT2D eigenvalue weighted by atomic mass is 19.1. The molecule has 0 atom stereocenters. The van der Waals surface area contributed by atoms with E-state index in [9.17, 15) is 19.1 Å². The molecule has 204 valence electrons. The molecule has 2 amide bonds. The van der Waals surface area contributed by atoms with Gasteiger partial charge in [0.05, 0.1) is 12.6 Å². The van der Waals surface area contributed by atoms with E-state index >= 15 is 0 Å². The Morgan fingerprint density at radius 1 is 0.925 bits per heavy atom. The number of hydrogen-bond acceptors (Lipinski definition) is 7. The van der Waals surface area contributed by atoms with Crippen LogP contribution >= 0.6 is 0 Å². The number of β-amino-alcohol motifs (C(OH)–C–C–N with tert-alkyl or cyclic N) is 1. The molecule has 2 fully saturated rings. The molecule has 2 aliphatic rings. The number of fused-ring (bicyclic) bond motifs is 1. The van der Waals surface area contributed by atoms with Crippen molar-refractivity contribution < 1.29 is 28.6 Å². The zero-order chi connectivity index (χ0) is 27.9. The van der Waals surface area contributed by atoms with Gasteiger partial charge in [-0.1, -0.05) is 0 Å². The predicted octanol–water partition coefficient (Wildman–Crippen LogP) is 4.32. The largest absolute Gasteiger partial charge is 0.496 e. The van der Waals surface area contributed by atoms with Crippen LogP contribution in [0.3, 0.4) is 0 Å². The number of carbonyl (C=O) groups is 2. The second kappa shape index (κ2) is 9.89. The Morgan fingerprint density at radius 3 is 2.10 bits per heavy atom. The zero-order valence-corrected chi connectivity index (χ0v) is 21.7. The van der Waals surface area contributed by atoms with E-state index < -0.39 is 28.6 Å². The summed E-state index contributed by atoms with van der Waals surface area (Å²) < 4.78 is 24.8. The van der Waals surface area contributed by atoms with Gasteiger partial charge in [-0.25, -0.2) is 4.39 Å². The molecule has 0 spiro atoms. The molecule has 4 aromatic rings. The number of amides is 2. The van der Waals surface area contributed by atoms with E-state index in [1.807, 2.05) is 6.07 Å². The number of halogens is 1. The highest BCUT2D eigenvalue weighted by molar-refractivity contribution is 6.16. The third kappa shape index (κ3) is 4.72. The smallest absolute Gasteiger partial charge is 0.240 e. The number of anilines is 2.